The van der Waals surface area contributed by atoms with Crippen molar-refractivity contribution in [2.75, 3.05) is 6.16 Å². The monoisotopic (exact) mass is 248 g/mol. The Balaban J connectivity index is 2.12. The maximum Gasteiger partial charge on any atom is 0.0349 e. The van der Waals surface area contributed by atoms with Gasteiger partial charge in [0.25, 0.3) is 0 Å². The number of rotatable bonds is 1. The van der Waals surface area contributed by atoms with Gasteiger partial charge in [-0.25, -0.2) is 0 Å². The zero-order valence-electron chi connectivity index (χ0n) is 9.86. The van der Waals surface area contributed by atoms with Crippen molar-refractivity contribution in [1.29, 1.82) is 0 Å². The highest BCUT2D eigenvalue weighted by atomic mass is 32.1. The Bertz CT molecular complexity index is 512. The van der Waals surface area contributed by atoms with Crippen molar-refractivity contribution in [2.45, 2.75) is 31.8 Å². The van der Waals surface area contributed by atoms with E-state index in [0.717, 1.165) is 0 Å². The lowest BCUT2D eigenvalue weighted by Crippen LogP contribution is -2.17. The van der Waals surface area contributed by atoms with Crippen molar-refractivity contribution in [2.24, 2.45) is 0 Å². The first-order valence-corrected chi connectivity index (χ1v) is 8.33. The SMILES string of the molecule is CC1(C)CCCP1c1csc2ccccc12. The number of hydrogen-bond donors (Lipinski definition) is 0. The highest BCUT2D eigenvalue weighted by Gasteiger charge is 2.36. The van der Waals surface area contributed by atoms with E-state index in [9.17, 15) is 0 Å². The Hall–Kier alpha value is -0.390. The normalized spacial score (nSPS) is 24.0. The number of thiophene rings is 1. The number of hydrogen-bond acceptors (Lipinski definition) is 1. The molecule has 2 aromatic rings. The van der Waals surface area contributed by atoms with Crippen molar-refractivity contribution in [3.05, 3.63) is 29.6 Å². The molecule has 16 heavy (non-hydrogen) atoms. The smallest absolute Gasteiger partial charge is 0.0349 e. The quantitative estimate of drug-likeness (QED) is 0.648. The van der Waals surface area contributed by atoms with Gasteiger partial charge < -0.3 is 0 Å². The van der Waals surface area contributed by atoms with E-state index < -0.39 is 0 Å². The second-order valence-corrected chi connectivity index (χ2v) is 9.09. The van der Waals surface area contributed by atoms with Gasteiger partial charge in [-0.2, -0.15) is 0 Å². The Morgan fingerprint density at radius 3 is 2.81 bits per heavy atom. The highest BCUT2D eigenvalue weighted by molar-refractivity contribution is 7.68. The molecular formula is C14H17PS. The standard InChI is InChI=1S/C14H17PS/c1-14(2)8-5-9-15(14)12-10-16-13-7-4-3-6-11(12)13/h3-4,6-7,10H,5,8-9H2,1-2H3. The van der Waals surface area contributed by atoms with E-state index in [-0.39, 0.29) is 7.92 Å². The fourth-order valence-electron chi connectivity index (χ4n) is 2.73. The minimum absolute atomic E-state index is 0.0642. The van der Waals surface area contributed by atoms with Gasteiger partial charge in [-0.3, -0.25) is 0 Å². The Morgan fingerprint density at radius 2 is 2.06 bits per heavy atom. The molecule has 1 aromatic carbocycles. The van der Waals surface area contributed by atoms with E-state index >= 15 is 0 Å². The molecule has 1 aliphatic rings. The van der Waals surface area contributed by atoms with Gasteiger partial charge in [0.05, 0.1) is 0 Å². The van der Waals surface area contributed by atoms with Gasteiger partial charge in [0.15, 0.2) is 0 Å². The molecule has 0 nitrogen and oxygen atoms in total. The van der Waals surface area contributed by atoms with E-state index in [1.54, 1.807) is 5.30 Å². The summed E-state index contributed by atoms with van der Waals surface area (Å²) in [6, 6.07) is 8.88. The maximum atomic E-state index is 2.46. The van der Waals surface area contributed by atoms with Crippen LogP contribution in [0.25, 0.3) is 10.1 Å². The van der Waals surface area contributed by atoms with Crippen LogP contribution in [0.3, 0.4) is 0 Å². The fourth-order valence-corrected chi connectivity index (χ4v) is 7.18. The highest BCUT2D eigenvalue weighted by Crippen LogP contribution is 2.58. The molecule has 1 saturated heterocycles. The van der Waals surface area contributed by atoms with Crippen LogP contribution in [0.5, 0.6) is 0 Å². The minimum Gasteiger partial charge on any atom is -0.143 e. The van der Waals surface area contributed by atoms with Gasteiger partial charge in [-0.15, -0.1) is 11.3 Å². The number of benzene rings is 1. The summed E-state index contributed by atoms with van der Waals surface area (Å²) in [5, 5.41) is 6.16. The molecule has 1 aromatic heterocycles. The van der Waals surface area contributed by atoms with Crippen molar-refractivity contribution in [3.63, 3.8) is 0 Å². The summed E-state index contributed by atoms with van der Waals surface area (Å²) < 4.78 is 1.46. The van der Waals surface area contributed by atoms with E-state index in [0.29, 0.717) is 5.16 Å². The van der Waals surface area contributed by atoms with Gasteiger partial charge in [0.1, 0.15) is 0 Å². The summed E-state index contributed by atoms with van der Waals surface area (Å²) in [7, 11) is 0.0642. The molecule has 1 aliphatic heterocycles. The molecule has 0 saturated carbocycles. The predicted molar refractivity (Wildman–Crippen MR) is 76.6 cm³/mol. The minimum atomic E-state index is 0.0642. The fraction of sp³-hybridized carbons (Fsp3) is 0.429. The third kappa shape index (κ3) is 1.61. The van der Waals surface area contributed by atoms with Gasteiger partial charge in [-0.1, -0.05) is 40.0 Å². The molecule has 2 heterocycles. The topological polar surface area (TPSA) is 0 Å². The zero-order valence-corrected chi connectivity index (χ0v) is 11.6. The molecule has 3 rings (SSSR count). The number of fused-ring (bicyclic) bond motifs is 1. The first-order valence-electron chi connectivity index (χ1n) is 5.92. The second kappa shape index (κ2) is 3.82. The van der Waals surface area contributed by atoms with Crippen molar-refractivity contribution >= 4 is 34.6 Å². The Morgan fingerprint density at radius 1 is 1.25 bits per heavy atom. The average molecular weight is 248 g/mol. The lowest BCUT2D eigenvalue weighted by molar-refractivity contribution is 0.659. The van der Waals surface area contributed by atoms with Crippen LogP contribution in [-0.2, 0) is 0 Å². The lowest BCUT2D eigenvalue weighted by Gasteiger charge is -2.27. The van der Waals surface area contributed by atoms with Gasteiger partial charge in [0, 0.05) is 10.1 Å². The van der Waals surface area contributed by atoms with Crippen LogP contribution in [0.1, 0.15) is 26.7 Å². The van der Waals surface area contributed by atoms with Crippen LogP contribution in [0.4, 0.5) is 0 Å². The summed E-state index contributed by atoms with van der Waals surface area (Å²) in [6.45, 7) is 4.91. The second-order valence-electron chi connectivity index (χ2n) is 5.18. The Labute approximate surface area is 102 Å². The van der Waals surface area contributed by atoms with Crippen molar-refractivity contribution in [1.82, 2.24) is 0 Å². The molecule has 0 amide bonds. The van der Waals surface area contributed by atoms with Gasteiger partial charge in [-0.05, 0) is 40.9 Å². The van der Waals surface area contributed by atoms with E-state index in [4.69, 9.17) is 0 Å². The van der Waals surface area contributed by atoms with Gasteiger partial charge in [0.2, 0.25) is 0 Å². The summed E-state index contributed by atoms with van der Waals surface area (Å²) in [5.74, 6) is 0. The molecule has 1 atom stereocenters. The third-order valence-electron chi connectivity index (χ3n) is 3.65. The van der Waals surface area contributed by atoms with E-state index in [1.807, 2.05) is 11.3 Å². The summed E-state index contributed by atoms with van der Waals surface area (Å²) in [5.41, 5.74) is 0. The zero-order chi connectivity index (χ0) is 11.2. The average Bonchev–Trinajstić information content (AvgIpc) is 2.81. The molecule has 0 spiro atoms. The van der Waals surface area contributed by atoms with Crippen molar-refractivity contribution < 1.29 is 0 Å². The van der Waals surface area contributed by atoms with Crippen LogP contribution in [0.2, 0.25) is 0 Å². The van der Waals surface area contributed by atoms with Crippen LogP contribution < -0.4 is 5.30 Å². The molecule has 0 radical (unpaired) electrons. The van der Waals surface area contributed by atoms with Gasteiger partial charge >= 0.3 is 0 Å². The maximum absolute atomic E-state index is 2.46. The molecule has 1 fully saturated rings. The molecule has 0 aliphatic carbocycles. The third-order valence-corrected chi connectivity index (χ3v) is 8.19. The lowest BCUT2D eigenvalue weighted by atomic mass is 10.1. The van der Waals surface area contributed by atoms with E-state index in [2.05, 4.69) is 43.5 Å². The summed E-state index contributed by atoms with van der Waals surface area (Å²) in [4.78, 5) is 0. The van der Waals surface area contributed by atoms with Crippen LogP contribution >= 0.6 is 19.3 Å². The molecule has 0 bridgehead atoms. The molecule has 84 valence electrons. The first kappa shape index (κ1) is 10.7. The molecule has 2 heteroatoms. The van der Waals surface area contributed by atoms with E-state index in [1.165, 1.54) is 29.1 Å². The van der Waals surface area contributed by atoms with Crippen molar-refractivity contribution in [3.8, 4) is 0 Å². The molecular weight excluding hydrogens is 231 g/mol. The summed E-state index contributed by atoms with van der Waals surface area (Å²) >= 11 is 1.92. The summed E-state index contributed by atoms with van der Waals surface area (Å²) in [6.07, 6.45) is 4.26. The van der Waals surface area contributed by atoms with Crippen LogP contribution in [0, 0.1) is 0 Å². The van der Waals surface area contributed by atoms with Crippen LogP contribution in [0.15, 0.2) is 29.6 Å². The molecule has 1 unspecified atom stereocenters. The predicted octanol–water partition coefficient (Wildman–Crippen LogP) is 4.58. The molecule has 0 N–H and O–H groups in total. The largest absolute Gasteiger partial charge is 0.143 e. The van der Waals surface area contributed by atoms with Crippen LogP contribution in [-0.4, -0.2) is 11.3 Å². The first-order chi connectivity index (χ1) is 7.68. The Kier molecular flexibility index (Phi) is 2.57.